The molecule has 0 bridgehead atoms. The van der Waals surface area contributed by atoms with Gasteiger partial charge >= 0.3 is 0 Å². The van der Waals surface area contributed by atoms with Crippen LogP contribution in [0.15, 0.2) is 35.3 Å². The minimum atomic E-state index is -0.403. The summed E-state index contributed by atoms with van der Waals surface area (Å²) in [4.78, 5) is 11.3. The minimum absolute atomic E-state index is 0.0451. The number of benzene rings is 1. The van der Waals surface area contributed by atoms with Crippen LogP contribution in [0.1, 0.15) is 25.3 Å². The highest BCUT2D eigenvalue weighted by Gasteiger charge is 2.13. The molecule has 19 heavy (non-hydrogen) atoms. The van der Waals surface area contributed by atoms with Crippen molar-refractivity contribution in [3.8, 4) is 16.9 Å². The van der Waals surface area contributed by atoms with Crippen molar-refractivity contribution in [1.82, 2.24) is 4.57 Å². The number of rotatable bonds is 2. The van der Waals surface area contributed by atoms with Gasteiger partial charge in [-0.25, -0.2) is 4.39 Å². The van der Waals surface area contributed by atoms with Gasteiger partial charge in [0.25, 0.3) is 0 Å². The number of aromatic hydroxyl groups is 1. The molecule has 1 aromatic heterocycles. The lowest BCUT2D eigenvalue weighted by Gasteiger charge is -2.12. The molecule has 0 fully saturated rings. The third kappa shape index (κ3) is 2.52. The smallest absolute Gasteiger partial charge is 0.250 e. The van der Waals surface area contributed by atoms with E-state index < -0.39 is 5.82 Å². The third-order valence-electron chi connectivity index (χ3n) is 3.14. The molecular formula is C15H16FNO2. The number of phenolic OH excluding ortho intramolecular Hbond substituents is 1. The standard InChI is InChI=1S/C15H16FNO2/c1-9(2)11-6-13(16)12(7-14(11)18)10-4-5-15(19)17(3)8-10/h4-9,18H,1-3H3. The van der Waals surface area contributed by atoms with Gasteiger partial charge in [0.15, 0.2) is 0 Å². The largest absolute Gasteiger partial charge is 0.508 e. The van der Waals surface area contributed by atoms with Gasteiger partial charge in [0.1, 0.15) is 11.6 Å². The summed E-state index contributed by atoms with van der Waals surface area (Å²) in [6.45, 7) is 3.78. The normalized spacial score (nSPS) is 11.0. The highest BCUT2D eigenvalue weighted by Crippen LogP contribution is 2.32. The quantitative estimate of drug-likeness (QED) is 0.903. The van der Waals surface area contributed by atoms with E-state index in [9.17, 15) is 14.3 Å². The van der Waals surface area contributed by atoms with Crippen molar-refractivity contribution in [1.29, 1.82) is 0 Å². The molecule has 0 aliphatic rings. The van der Waals surface area contributed by atoms with Crippen molar-refractivity contribution < 1.29 is 9.50 Å². The zero-order valence-corrected chi connectivity index (χ0v) is 11.1. The first kappa shape index (κ1) is 13.3. The Morgan fingerprint density at radius 2 is 1.95 bits per heavy atom. The number of aryl methyl sites for hydroxylation is 1. The minimum Gasteiger partial charge on any atom is -0.508 e. The highest BCUT2D eigenvalue weighted by atomic mass is 19.1. The first-order chi connectivity index (χ1) is 8.90. The van der Waals surface area contributed by atoms with Gasteiger partial charge in [-0.15, -0.1) is 0 Å². The molecule has 0 saturated carbocycles. The van der Waals surface area contributed by atoms with Gasteiger partial charge < -0.3 is 9.67 Å². The second-order valence-electron chi connectivity index (χ2n) is 4.91. The summed E-state index contributed by atoms with van der Waals surface area (Å²) in [6.07, 6.45) is 1.55. The van der Waals surface area contributed by atoms with Crippen LogP contribution in [-0.2, 0) is 7.05 Å². The van der Waals surface area contributed by atoms with E-state index >= 15 is 0 Å². The Balaban J connectivity index is 2.60. The molecule has 0 saturated heterocycles. The predicted octanol–water partition coefficient (Wildman–Crippen LogP) is 3.02. The molecule has 0 amide bonds. The predicted molar refractivity (Wildman–Crippen MR) is 72.8 cm³/mol. The van der Waals surface area contributed by atoms with E-state index in [-0.39, 0.29) is 22.8 Å². The fourth-order valence-corrected chi connectivity index (χ4v) is 2.01. The van der Waals surface area contributed by atoms with E-state index in [1.807, 2.05) is 13.8 Å². The average Bonchev–Trinajstić information content (AvgIpc) is 2.35. The average molecular weight is 261 g/mol. The molecule has 0 atom stereocenters. The fraction of sp³-hybridized carbons (Fsp3) is 0.267. The molecule has 1 heterocycles. The van der Waals surface area contributed by atoms with Gasteiger partial charge in [-0.05, 0) is 29.7 Å². The Morgan fingerprint density at radius 3 is 2.53 bits per heavy atom. The number of aromatic nitrogens is 1. The van der Waals surface area contributed by atoms with Crippen molar-refractivity contribution >= 4 is 0 Å². The summed E-state index contributed by atoms with van der Waals surface area (Å²) in [6, 6.07) is 5.68. The van der Waals surface area contributed by atoms with Crippen LogP contribution in [0.4, 0.5) is 4.39 Å². The molecule has 0 unspecified atom stereocenters. The van der Waals surface area contributed by atoms with Crippen LogP contribution in [-0.4, -0.2) is 9.67 Å². The maximum atomic E-state index is 14.1. The Hall–Kier alpha value is -2.10. The van der Waals surface area contributed by atoms with E-state index in [4.69, 9.17) is 0 Å². The SMILES string of the molecule is CC(C)c1cc(F)c(-c2ccc(=O)n(C)c2)cc1O. The molecule has 1 aromatic carbocycles. The van der Waals surface area contributed by atoms with Crippen LogP contribution in [0.5, 0.6) is 5.75 Å². The molecule has 1 N–H and O–H groups in total. The van der Waals surface area contributed by atoms with Crippen LogP contribution in [0.25, 0.3) is 11.1 Å². The van der Waals surface area contributed by atoms with Crippen molar-refractivity contribution in [2.75, 3.05) is 0 Å². The topological polar surface area (TPSA) is 42.2 Å². The number of halogens is 1. The van der Waals surface area contributed by atoms with E-state index in [2.05, 4.69) is 0 Å². The van der Waals surface area contributed by atoms with Gasteiger partial charge in [0, 0.05) is 30.4 Å². The molecule has 0 aliphatic heterocycles. The summed E-state index contributed by atoms with van der Waals surface area (Å²) in [5.74, 6) is -0.288. The van der Waals surface area contributed by atoms with Crippen LogP contribution >= 0.6 is 0 Å². The monoisotopic (exact) mass is 261 g/mol. The van der Waals surface area contributed by atoms with Crippen molar-refractivity contribution in [2.45, 2.75) is 19.8 Å². The first-order valence-electron chi connectivity index (χ1n) is 6.09. The van der Waals surface area contributed by atoms with Crippen LogP contribution < -0.4 is 5.56 Å². The lowest BCUT2D eigenvalue weighted by Crippen LogP contribution is -2.14. The summed E-state index contributed by atoms with van der Waals surface area (Å²) >= 11 is 0. The number of hydrogen-bond donors (Lipinski definition) is 1. The maximum Gasteiger partial charge on any atom is 0.250 e. The molecule has 0 aliphatic carbocycles. The molecule has 0 spiro atoms. The van der Waals surface area contributed by atoms with E-state index in [0.29, 0.717) is 11.1 Å². The summed E-state index contributed by atoms with van der Waals surface area (Å²) < 4.78 is 15.5. The van der Waals surface area contributed by atoms with Gasteiger partial charge in [-0.3, -0.25) is 4.79 Å². The zero-order chi connectivity index (χ0) is 14.2. The molecule has 3 nitrogen and oxygen atoms in total. The summed E-state index contributed by atoms with van der Waals surface area (Å²) in [7, 11) is 1.60. The lowest BCUT2D eigenvalue weighted by molar-refractivity contribution is 0.462. The molecule has 4 heteroatoms. The van der Waals surface area contributed by atoms with Crippen LogP contribution in [0.2, 0.25) is 0 Å². The molecule has 2 aromatic rings. The second kappa shape index (κ2) is 4.88. The van der Waals surface area contributed by atoms with Crippen molar-refractivity contribution in [3.63, 3.8) is 0 Å². The number of nitrogens with zero attached hydrogens (tertiary/aromatic N) is 1. The number of phenols is 1. The van der Waals surface area contributed by atoms with Crippen LogP contribution in [0.3, 0.4) is 0 Å². The van der Waals surface area contributed by atoms with E-state index in [1.165, 1.54) is 22.8 Å². The van der Waals surface area contributed by atoms with Gasteiger partial charge in [0.05, 0.1) is 0 Å². The first-order valence-corrected chi connectivity index (χ1v) is 6.09. The second-order valence-corrected chi connectivity index (χ2v) is 4.91. The third-order valence-corrected chi connectivity index (χ3v) is 3.14. The molecular weight excluding hydrogens is 245 g/mol. The van der Waals surface area contributed by atoms with Crippen molar-refractivity contribution in [3.05, 3.63) is 52.2 Å². The highest BCUT2D eigenvalue weighted by molar-refractivity contribution is 5.66. The Labute approximate surface area is 110 Å². The zero-order valence-electron chi connectivity index (χ0n) is 11.1. The molecule has 100 valence electrons. The van der Waals surface area contributed by atoms with Crippen molar-refractivity contribution in [2.24, 2.45) is 7.05 Å². The Bertz CT molecular complexity index is 674. The van der Waals surface area contributed by atoms with E-state index in [0.717, 1.165) is 0 Å². The maximum absolute atomic E-state index is 14.1. The Kier molecular flexibility index (Phi) is 3.42. The van der Waals surface area contributed by atoms with E-state index in [1.54, 1.807) is 19.3 Å². The van der Waals surface area contributed by atoms with Gasteiger partial charge in [0.2, 0.25) is 5.56 Å². The fourth-order valence-electron chi connectivity index (χ4n) is 2.01. The molecule has 0 radical (unpaired) electrons. The Morgan fingerprint density at radius 1 is 1.26 bits per heavy atom. The lowest BCUT2D eigenvalue weighted by atomic mass is 9.97. The van der Waals surface area contributed by atoms with Gasteiger partial charge in [-0.2, -0.15) is 0 Å². The van der Waals surface area contributed by atoms with Crippen LogP contribution in [0, 0.1) is 5.82 Å². The summed E-state index contributed by atoms with van der Waals surface area (Å²) in [5.41, 5.74) is 1.26. The summed E-state index contributed by atoms with van der Waals surface area (Å²) in [5, 5.41) is 9.94. The molecule has 2 rings (SSSR count). The van der Waals surface area contributed by atoms with Gasteiger partial charge in [-0.1, -0.05) is 13.8 Å². The number of pyridine rings is 1. The number of hydrogen-bond acceptors (Lipinski definition) is 2.